The van der Waals surface area contributed by atoms with Gasteiger partial charge in [0, 0.05) is 6.61 Å². The van der Waals surface area contributed by atoms with E-state index in [1.165, 1.54) is 19.3 Å². The van der Waals surface area contributed by atoms with Crippen molar-refractivity contribution in [2.24, 2.45) is 0 Å². The van der Waals surface area contributed by atoms with E-state index in [1.807, 2.05) is 6.08 Å². The Balaban J connectivity index is 2.79. The molecular weight excluding hydrogens is 164 g/mol. The molecule has 2 nitrogen and oxygen atoms in total. The molecule has 0 aliphatic rings. The molecule has 78 valence electrons. The van der Waals surface area contributed by atoms with Gasteiger partial charge in [-0.25, -0.2) is 0 Å². The topological polar surface area (TPSA) is 18.5 Å². The summed E-state index contributed by atoms with van der Waals surface area (Å²) in [6.45, 7) is 8.88. The normalized spacial score (nSPS) is 10.2. The summed E-state index contributed by atoms with van der Waals surface area (Å²) in [5, 5.41) is 0. The fourth-order valence-corrected chi connectivity index (χ4v) is 0.943. The summed E-state index contributed by atoms with van der Waals surface area (Å²) in [4.78, 5) is 0. The summed E-state index contributed by atoms with van der Waals surface area (Å²) in [5.41, 5.74) is 0. The van der Waals surface area contributed by atoms with Crippen molar-refractivity contribution >= 4 is 0 Å². The Labute approximate surface area is 81.9 Å². The number of rotatable bonds is 10. The molecule has 2 heteroatoms. The fraction of sp³-hybridized carbons (Fsp3) is 0.818. The maximum atomic E-state index is 5.37. The molecule has 0 atom stereocenters. The quantitative estimate of drug-likeness (QED) is 0.386. The molecule has 0 aliphatic carbocycles. The Morgan fingerprint density at radius 1 is 1.00 bits per heavy atom. The predicted octanol–water partition coefficient (Wildman–Crippen LogP) is 2.79. The number of hydrogen-bond acceptors (Lipinski definition) is 2. The molecule has 0 saturated carbocycles. The molecule has 0 radical (unpaired) electrons. The minimum absolute atomic E-state index is 0.708. The second-order valence-corrected chi connectivity index (χ2v) is 3.01. The van der Waals surface area contributed by atoms with Crippen molar-refractivity contribution in [3.05, 3.63) is 12.7 Å². The summed E-state index contributed by atoms with van der Waals surface area (Å²) < 4.78 is 10.6. The zero-order valence-electron chi connectivity index (χ0n) is 8.76. The van der Waals surface area contributed by atoms with Crippen LogP contribution in [0.5, 0.6) is 0 Å². The Kier molecular flexibility index (Phi) is 11.4. The fourth-order valence-electron chi connectivity index (χ4n) is 0.943. The highest BCUT2D eigenvalue weighted by molar-refractivity contribution is 4.64. The van der Waals surface area contributed by atoms with Crippen LogP contribution in [0.2, 0.25) is 0 Å². The van der Waals surface area contributed by atoms with E-state index in [-0.39, 0.29) is 0 Å². The van der Waals surface area contributed by atoms with Crippen LogP contribution in [0, 0.1) is 0 Å². The zero-order chi connectivity index (χ0) is 9.78. The van der Waals surface area contributed by atoms with Crippen molar-refractivity contribution in [3.63, 3.8) is 0 Å². The summed E-state index contributed by atoms with van der Waals surface area (Å²) >= 11 is 0. The maximum Gasteiger partial charge on any atom is 0.0700 e. The van der Waals surface area contributed by atoms with Gasteiger partial charge in [-0.15, -0.1) is 6.58 Å². The van der Waals surface area contributed by atoms with E-state index in [2.05, 4.69) is 13.5 Å². The Bertz CT molecular complexity index is 102. The van der Waals surface area contributed by atoms with Crippen LogP contribution in [0.1, 0.15) is 32.6 Å². The highest BCUT2D eigenvalue weighted by Crippen LogP contribution is 1.93. The average Bonchev–Trinajstić information content (AvgIpc) is 2.16. The second kappa shape index (κ2) is 11.7. The van der Waals surface area contributed by atoms with Crippen LogP contribution >= 0.6 is 0 Å². The van der Waals surface area contributed by atoms with Gasteiger partial charge < -0.3 is 9.47 Å². The van der Waals surface area contributed by atoms with E-state index < -0.39 is 0 Å². The van der Waals surface area contributed by atoms with Crippen LogP contribution < -0.4 is 0 Å². The van der Waals surface area contributed by atoms with Crippen molar-refractivity contribution in [2.45, 2.75) is 32.6 Å². The molecule has 0 aromatic heterocycles. The third-order valence-electron chi connectivity index (χ3n) is 1.73. The maximum absolute atomic E-state index is 5.37. The number of unbranched alkanes of at least 4 members (excludes halogenated alkanes) is 2. The molecule has 0 N–H and O–H groups in total. The van der Waals surface area contributed by atoms with Gasteiger partial charge >= 0.3 is 0 Å². The lowest BCUT2D eigenvalue weighted by Crippen LogP contribution is -2.05. The van der Waals surface area contributed by atoms with Gasteiger partial charge in [0.25, 0.3) is 0 Å². The lowest BCUT2D eigenvalue weighted by molar-refractivity contribution is 0.0481. The molecule has 0 aliphatic heterocycles. The SMILES string of the molecule is C=CCCOCCOCCCCC. The van der Waals surface area contributed by atoms with Crippen molar-refractivity contribution in [1.82, 2.24) is 0 Å². The molecule has 0 unspecified atom stereocenters. The van der Waals surface area contributed by atoms with Crippen LogP contribution in [-0.2, 0) is 9.47 Å². The molecule has 0 amide bonds. The lowest BCUT2D eigenvalue weighted by atomic mass is 10.3. The molecule has 0 fully saturated rings. The third-order valence-corrected chi connectivity index (χ3v) is 1.73. The van der Waals surface area contributed by atoms with Gasteiger partial charge in [0.2, 0.25) is 0 Å². The van der Waals surface area contributed by atoms with Crippen LogP contribution in [0.25, 0.3) is 0 Å². The molecule has 0 aromatic carbocycles. The summed E-state index contributed by atoms with van der Waals surface area (Å²) in [6, 6.07) is 0. The first kappa shape index (κ1) is 12.7. The monoisotopic (exact) mass is 186 g/mol. The number of hydrogen-bond donors (Lipinski definition) is 0. The molecule has 0 rings (SSSR count). The largest absolute Gasteiger partial charge is 0.379 e. The highest BCUT2D eigenvalue weighted by atomic mass is 16.5. The molecular formula is C11H22O2. The Hall–Kier alpha value is -0.340. The van der Waals surface area contributed by atoms with Gasteiger partial charge in [-0.05, 0) is 12.8 Å². The van der Waals surface area contributed by atoms with Gasteiger partial charge in [0.15, 0.2) is 0 Å². The molecule has 0 spiro atoms. The van der Waals surface area contributed by atoms with Crippen molar-refractivity contribution in [2.75, 3.05) is 26.4 Å². The second-order valence-electron chi connectivity index (χ2n) is 3.01. The van der Waals surface area contributed by atoms with Gasteiger partial charge in [0.1, 0.15) is 0 Å². The van der Waals surface area contributed by atoms with E-state index in [1.54, 1.807) is 0 Å². The summed E-state index contributed by atoms with van der Waals surface area (Å²) in [5.74, 6) is 0. The van der Waals surface area contributed by atoms with E-state index in [9.17, 15) is 0 Å². The first-order valence-corrected chi connectivity index (χ1v) is 5.18. The summed E-state index contributed by atoms with van der Waals surface area (Å²) in [7, 11) is 0. The van der Waals surface area contributed by atoms with Gasteiger partial charge in [-0.1, -0.05) is 25.8 Å². The van der Waals surface area contributed by atoms with Crippen molar-refractivity contribution < 1.29 is 9.47 Å². The minimum atomic E-state index is 0.708. The molecule has 0 bridgehead atoms. The Morgan fingerprint density at radius 3 is 2.31 bits per heavy atom. The predicted molar refractivity (Wildman–Crippen MR) is 56.0 cm³/mol. The average molecular weight is 186 g/mol. The third kappa shape index (κ3) is 11.7. The van der Waals surface area contributed by atoms with Crippen LogP contribution in [0.4, 0.5) is 0 Å². The van der Waals surface area contributed by atoms with Crippen molar-refractivity contribution in [3.8, 4) is 0 Å². The van der Waals surface area contributed by atoms with Crippen molar-refractivity contribution in [1.29, 1.82) is 0 Å². The number of ether oxygens (including phenoxy) is 2. The lowest BCUT2D eigenvalue weighted by Gasteiger charge is -2.04. The first-order chi connectivity index (χ1) is 6.41. The highest BCUT2D eigenvalue weighted by Gasteiger charge is 1.89. The van der Waals surface area contributed by atoms with Crippen LogP contribution in [0.3, 0.4) is 0 Å². The standard InChI is InChI=1S/C11H22O2/c1-3-5-7-9-13-11-10-12-8-6-4-2/h4H,2-3,5-11H2,1H3. The molecule has 0 saturated heterocycles. The van der Waals surface area contributed by atoms with Gasteiger partial charge in [0.05, 0.1) is 19.8 Å². The van der Waals surface area contributed by atoms with E-state index >= 15 is 0 Å². The molecule has 0 heterocycles. The van der Waals surface area contributed by atoms with Gasteiger partial charge in [-0.2, -0.15) is 0 Å². The first-order valence-electron chi connectivity index (χ1n) is 5.18. The smallest absolute Gasteiger partial charge is 0.0700 e. The Morgan fingerprint density at radius 2 is 1.69 bits per heavy atom. The van der Waals surface area contributed by atoms with Crippen LogP contribution in [-0.4, -0.2) is 26.4 Å². The minimum Gasteiger partial charge on any atom is -0.379 e. The zero-order valence-corrected chi connectivity index (χ0v) is 8.76. The molecule has 13 heavy (non-hydrogen) atoms. The van der Waals surface area contributed by atoms with E-state index in [0.717, 1.165) is 26.2 Å². The van der Waals surface area contributed by atoms with E-state index in [4.69, 9.17) is 9.47 Å². The van der Waals surface area contributed by atoms with E-state index in [0.29, 0.717) is 6.61 Å². The molecule has 0 aromatic rings. The van der Waals surface area contributed by atoms with Crippen LogP contribution in [0.15, 0.2) is 12.7 Å². The van der Waals surface area contributed by atoms with Gasteiger partial charge in [-0.3, -0.25) is 0 Å². The summed E-state index contributed by atoms with van der Waals surface area (Å²) in [6.07, 6.45) is 6.47.